The molecule has 1 aromatic heterocycles. The van der Waals surface area contributed by atoms with Crippen LogP contribution in [0.25, 0.3) is 0 Å². The van der Waals surface area contributed by atoms with E-state index in [0.29, 0.717) is 10.8 Å². The van der Waals surface area contributed by atoms with Crippen LogP contribution in [0.2, 0.25) is 4.34 Å². The number of carbonyl (C=O) groups excluding carboxylic acids is 1. The highest BCUT2D eigenvalue weighted by Crippen LogP contribution is 2.29. The predicted molar refractivity (Wildman–Crippen MR) is 83.9 cm³/mol. The topological polar surface area (TPSA) is 66.4 Å². The van der Waals surface area contributed by atoms with Crippen molar-refractivity contribution in [2.24, 2.45) is 5.92 Å². The Balaban J connectivity index is 2.03. The number of hydrogen-bond donors (Lipinski definition) is 2. The van der Waals surface area contributed by atoms with Gasteiger partial charge < -0.3 is 10.4 Å². The lowest BCUT2D eigenvalue weighted by molar-refractivity contribution is -0.143. The fourth-order valence-corrected chi connectivity index (χ4v) is 3.89. The molecule has 116 valence electrons. The lowest BCUT2D eigenvalue weighted by atomic mass is 9.94. The highest BCUT2D eigenvalue weighted by molar-refractivity contribution is 7.16. The Kier molecular flexibility index (Phi) is 5.65. The van der Waals surface area contributed by atoms with Crippen LogP contribution in [0.3, 0.4) is 0 Å². The molecule has 1 aliphatic rings. The van der Waals surface area contributed by atoms with E-state index in [1.807, 2.05) is 13.0 Å². The van der Waals surface area contributed by atoms with Crippen molar-refractivity contribution in [2.75, 3.05) is 0 Å². The first-order valence-electron chi connectivity index (χ1n) is 7.27. The van der Waals surface area contributed by atoms with Crippen molar-refractivity contribution in [3.8, 4) is 0 Å². The fraction of sp³-hybridized carbons (Fsp3) is 0.600. The molecular formula is C15H20ClNO3S. The van der Waals surface area contributed by atoms with Crippen LogP contribution >= 0.6 is 22.9 Å². The molecule has 6 heteroatoms. The Morgan fingerprint density at radius 2 is 2.05 bits per heavy atom. The maximum atomic E-state index is 12.4. The summed E-state index contributed by atoms with van der Waals surface area (Å²) in [5.41, 5.74) is 0. The summed E-state index contributed by atoms with van der Waals surface area (Å²) in [5.74, 6) is -1.71. The summed E-state index contributed by atoms with van der Waals surface area (Å²) in [5, 5.41) is 12.3. The minimum absolute atomic E-state index is 0.119. The van der Waals surface area contributed by atoms with Crippen LogP contribution in [0.4, 0.5) is 0 Å². The van der Waals surface area contributed by atoms with Gasteiger partial charge in [0, 0.05) is 10.9 Å². The van der Waals surface area contributed by atoms with E-state index in [-0.39, 0.29) is 17.9 Å². The van der Waals surface area contributed by atoms with Gasteiger partial charge in [0.25, 0.3) is 0 Å². The third-order valence-corrected chi connectivity index (χ3v) is 5.49. The van der Waals surface area contributed by atoms with E-state index in [4.69, 9.17) is 11.6 Å². The molecular weight excluding hydrogens is 310 g/mol. The van der Waals surface area contributed by atoms with E-state index >= 15 is 0 Å². The molecule has 2 N–H and O–H groups in total. The highest BCUT2D eigenvalue weighted by atomic mass is 35.5. The van der Waals surface area contributed by atoms with Crippen molar-refractivity contribution in [2.45, 2.75) is 51.0 Å². The second-order valence-corrected chi connectivity index (χ2v) is 7.31. The van der Waals surface area contributed by atoms with Crippen molar-refractivity contribution >= 4 is 34.8 Å². The van der Waals surface area contributed by atoms with Crippen molar-refractivity contribution in [3.63, 3.8) is 0 Å². The molecule has 1 heterocycles. The van der Waals surface area contributed by atoms with Crippen LogP contribution in [0.15, 0.2) is 12.1 Å². The smallest absolute Gasteiger partial charge is 0.308 e. The number of hydrogen-bond acceptors (Lipinski definition) is 3. The van der Waals surface area contributed by atoms with Gasteiger partial charge in [0.1, 0.15) is 0 Å². The van der Waals surface area contributed by atoms with Crippen LogP contribution in [-0.2, 0) is 9.59 Å². The Hall–Kier alpha value is -1.07. The number of thiophene rings is 1. The average molecular weight is 330 g/mol. The summed E-state index contributed by atoms with van der Waals surface area (Å²) in [6, 6.07) is 3.35. The maximum absolute atomic E-state index is 12.4. The minimum atomic E-state index is -0.811. The molecule has 0 saturated heterocycles. The van der Waals surface area contributed by atoms with Crippen molar-refractivity contribution in [1.29, 1.82) is 0 Å². The zero-order chi connectivity index (χ0) is 15.4. The van der Waals surface area contributed by atoms with Gasteiger partial charge in [-0.25, -0.2) is 0 Å². The third kappa shape index (κ3) is 4.20. The Labute approximate surface area is 133 Å². The third-order valence-electron chi connectivity index (χ3n) is 4.07. The fourth-order valence-electron chi connectivity index (χ4n) is 2.77. The Morgan fingerprint density at radius 3 is 2.67 bits per heavy atom. The molecule has 1 aromatic rings. The monoisotopic (exact) mass is 329 g/mol. The summed E-state index contributed by atoms with van der Waals surface area (Å²) in [7, 11) is 0. The molecule has 1 fully saturated rings. The van der Waals surface area contributed by atoms with Gasteiger partial charge in [-0.3, -0.25) is 9.59 Å². The molecule has 3 atom stereocenters. The summed E-state index contributed by atoms with van der Waals surface area (Å²) >= 11 is 7.28. The largest absolute Gasteiger partial charge is 0.481 e. The van der Waals surface area contributed by atoms with E-state index in [0.717, 1.165) is 30.6 Å². The number of nitrogens with one attached hydrogen (secondary N) is 1. The molecule has 21 heavy (non-hydrogen) atoms. The molecule has 1 saturated carbocycles. The zero-order valence-corrected chi connectivity index (χ0v) is 13.5. The Morgan fingerprint density at radius 1 is 1.33 bits per heavy atom. The first-order valence-corrected chi connectivity index (χ1v) is 8.47. The average Bonchev–Trinajstić information content (AvgIpc) is 2.73. The number of amides is 1. The standard InChI is InChI=1S/C15H20ClNO3S/c1-9(12-7-8-13(16)21-12)14(18)17-11-6-4-2-3-5-10(11)15(19)20/h7-11H,2-6H2,1H3,(H,17,18)(H,19,20)/t9?,10-,11+/m1/s1. The van der Waals surface area contributed by atoms with Crippen molar-refractivity contribution in [3.05, 3.63) is 21.3 Å². The molecule has 1 aliphatic carbocycles. The molecule has 1 unspecified atom stereocenters. The number of aliphatic carboxylic acids is 1. The second-order valence-electron chi connectivity index (χ2n) is 5.56. The van der Waals surface area contributed by atoms with Gasteiger partial charge in [0.2, 0.25) is 5.91 Å². The Bertz CT molecular complexity index is 517. The summed E-state index contributed by atoms with van der Waals surface area (Å²) < 4.78 is 0.655. The van der Waals surface area contributed by atoms with Gasteiger partial charge in [-0.2, -0.15) is 0 Å². The maximum Gasteiger partial charge on any atom is 0.308 e. The highest BCUT2D eigenvalue weighted by Gasteiger charge is 2.31. The molecule has 0 aromatic carbocycles. The second kappa shape index (κ2) is 7.27. The van der Waals surface area contributed by atoms with Gasteiger partial charge >= 0.3 is 5.97 Å². The van der Waals surface area contributed by atoms with E-state index in [9.17, 15) is 14.7 Å². The molecule has 4 nitrogen and oxygen atoms in total. The first-order chi connectivity index (χ1) is 9.99. The van der Waals surface area contributed by atoms with Gasteiger partial charge in [0.05, 0.1) is 16.2 Å². The van der Waals surface area contributed by atoms with E-state index < -0.39 is 11.9 Å². The zero-order valence-electron chi connectivity index (χ0n) is 12.0. The number of halogens is 1. The first kappa shape index (κ1) is 16.3. The lowest BCUT2D eigenvalue weighted by Gasteiger charge is -2.24. The number of rotatable bonds is 4. The van der Waals surface area contributed by atoms with Crippen LogP contribution in [-0.4, -0.2) is 23.0 Å². The lowest BCUT2D eigenvalue weighted by Crippen LogP contribution is -2.44. The minimum Gasteiger partial charge on any atom is -0.481 e. The van der Waals surface area contributed by atoms with E-state index in [1.165, 1.54) is 11.3 Å². The van der Waals surface area contributed by atoms with Crippen LogP contribution < -0.4 is 5.32 Å². The van der Waals surface area contributed by atoms with Gasteiger partial charge in [-0.05, 0) is 31.9 Å². The molecule has 0 aliphatic heterocycles. The molecule has 2 rings (SSSR count). The van der Waals surface area contributed by atoms with Crippen molar-refractivity contribution < 1.29 is 14.7 Å². The summed E-state index contributed by atoms with van der Waals surface area (Å²) in [6.07, 6.45) is 4.29. The molecule has 0 radical (unpaired) electrons. The predicted octanol–water partition coefficient (Wildman–Crippen LogP) is 3.65. The number of carbonyl (C=O) groups is 2. The van der Waals surface area contributed by atoms with Crippen molar-refractivity contribution in [1.82, 2.24) is 5.32 Å². The van der Waals surface area contributed by atoms with Crippen LogP contribution in [0, 0.1) is 5.92 Å². The molecule has 0 spiro atoms. The SMILES string of the molecule is CC(C(=O)N[C@H]1CCCCC[C@H]1C(=O)O)c1ccc(Cl)s1. The van der Waals surface area contributed by atoms with Gasteiger partial charge in [-0.15, -0.1) is 11.3 Å². The van der Waals surface area contributed by atoms with E-state index in [2.05, 4.69) is 5.32 Å². The van der Waals surface area contributed by atoms with Gasteiger partial charge in [0.15, 0.2) is 0 Å². The van der Waals surface area contributed by atoms with Crippen LogP contribution in [0.5, 0.6) is 0 Å². The molecule has 1 amide bonds. The van der Waals surface area contributed by atoms with E-state index in [1.54, 1.807) is 6.07 Å². The van der Waals surface area contributed by atoms with Crippen LogP contribution in [0.1, 0.15) is 49.8 Å². The summed E-state index contributed by atoms with van der Waals surface area (Å²) in [4.78, 5) is 24.6. The quantitative estimate of drug-likeness (QED) is 0.828. The number of carboxylic acids is 1. The van der Waals surface area contributed by atoms with Gasteiger partial charge in [-0.1, -0.05) is 30.9 Å². The summed E-state index contributed by atoms with van der Waals surface area (Å²) in [6.45, 7) is 1.82. The number of carboxylic acid groups (broad SMARTS) is 1. The molecule has 0 bridgehead atoms. The normalized spacial score (nSPS) is 24.1.